The Labute approximate surface area is 185 Å². The van der Waals surface area contributed by atoms with Crippen molar-refractivity contribution >= 4 is 28.8 Å². The molecule has 6 heteroatoms. The quantitative estimate of drug-likeness (QED) is 0.367. The zero-order valence-electron chi connectivity index (χ0n) is 17.1. The molecule has 0 spiro atoms. The lowest BCUT2D eigenvalue weighted by Crippen LogP contribution is -2.03. The molecule has 0 saturated carbocycles. The van der Waals surface area contributed by atoms with E-state index in [2.05, 4.69) is 13.0 Å². The number of fused-ring (bicyclic) bond motifs is 2. The van der Waals surface area contributed by atoms with Crippen LogP contribution in [-0.2, 0) is 12.8 Å². The lowest BCUT2D eigenvalue weighted by atomic mass is 10.00. The van der Waals surface area contributed by atoms with Crippen molar-refractivity contribution in [2.45, 2.75) is 33.1 Å². The minimum absolute atomic E-state index is 0.615. The van der Waals surface area contributed by atoms with E-state index >= 15 is 0 Å². The van der Waals surface area contributed by atoms with Crippen molar-refractivity contribution in [2.24, 2.45) is 0 Å². The Morgan fingerprint density at radius 3 is 2.47 bits per heavy atom. The molecular weight excluding hydrogens is 417 g/mol. The van der Waals surface area contributed by atoms with Crippen LogP contribution < -0.4 is 4.74 Å². The predicted molar refractivity (Wildman–Crippen MR) is 122 cm³/mol. The predicted octanol–water partition coefficient (Wildman–Crippen LogP) is 6.48. The Balaban J connectivity index is 1.84. The molecule has 30 heavy (non-hydrogen) atoms. The molecule has 0 fully saturated rings. The minimum atomic E-state index is 0.615. The van der Waals surface area contributed by atoms with Crippen LogP contribution in [0.1, 0.15) is 28.9 Å². The summed E-state index contributed by atoms with van der Waals surface area (Å²) in [6, 6.07) is 11.8. The van der Waals surface area contributed by atoms with Crippen molar-refractivity contribution in [3.8, 4) is 28.1 Å². The number of rotatable bonds is 3. The Hall–Kier alpha value is -2.56. The summed E-state index contributed by atoms with van der Waals surface area (Å²) in [5, 5.41) is 6.15. The third kappa shape index (κ3) is 3.06. The van der Waals surface area contributed by atoms with E-state index in [-0.39, 0.29) is 0 Å². The van der Waals surface area contributed by atoms with Crippen LogP contribution in [0.4, 0.5) is 0 Å². The summed E-state index contributed by atoms with van der Waals surface area (Å²) in [5.74, 6) is 0.841. The van der Waals surface area contributed by atoms with Gasteiger partial charge in [-0.2, -0.15) is 5.10 Å². The largest absolute Gasteiger partial charge is 0.497 e. The first-order valence-electron chi connectivity index (χ1n) is 9.99. The van der Waals surface area contributed by atoms with E-state index in [1.807, 2.05) is 35.7 Å². The molecule has 5 rings (SSSR count). The Kier molecular flexibility index (Phi) is 4.72. The second-order valence-electron chi connectivity index (χ2n) is 7.77. The molecule has 1 aliphatic rings. The van der Waals surface area contributed by atoms with Crippen LogP contribution in [0.5, 0.6) is 5.75 Å². The smallest absolute Gasteiger partial charge is 0.164 e. The van der Waals surface area contributed by atoms with E-state index in [1.165, 1.54) is 5.56 Å². The maximum absolute atomic E-state index is 6.34. The lowest BCUT2D eigenvalue weighted by Gasteiger charge is -2.13. The van der Waals surface area contributed by atoms with Gasteiger partial charge < -0.3 is 4.74 Å². The van der Waals surface area contributed by atoms with E-state index in [4.69, 9.17) is 38.0 Å². The van der Waals surface area contributed by atoms with Gasteiger partial charge in [-0.25, -0.2) is 9.50 Å². The molecule has 152 valence electrons. The molecule has 2 aromatic carbocycles. The lowest BCUT2D eigenvalue weighted by molar-refractivity contribution is 0.414. The molecule has 0 radical (unpaired) electrons. The van der Waals surface area contributed by atoms with Crippen LogP contribution in [0.15, 0.2) is 36.4 Å². The first kappa shape index (κ1) is 19.4. The molecule has 2 heterocycles. The number of nitrogens with zero attached hydrogens (tertiary/aromatic N) is 3. The van der Waals surface area contributed by atoms with E-state index < -0.39 is 0 Å². The average Bonchev–Trinajstić information content (AvgIpc) is 3.28. The number of hydrogen-bond donors (Lipinski definition) is 0. The van der Waals surface area contributed by atoms with Crippen molar-refractivity contribution < 1.29 is 4.74 Å². The summed E-state index contributed by atoms with van der Waals surface area (Å²) in [6.45, 7) is 4.12. The first-order chi connectivity index (χ1) is 14.5. The van der Waals surface area contributed by atoms with Gasteiger partial charge in [-0.05, 0) is 74.6 Å². The van der Waals surface area contributed by atoms with Gasteiger partial charge in [-0.3, -0.25) is 0 Å². The summed E-state index contributed by atoms with van der Waals surface area (Å²) < 4.78 is 7.36. The zero-order valence-corrected chi connectivity index (χ0v) is 18.6. The number of aromatic nitrogens is 3. The summed E-state index contributed by atoms with van der Waals surface area (Å²) in [6.07, 6.45) is 3.04. The number of benzene rings is 2. The molecule has 0 atom stereocenters. The summed E-state index contributed by atoms with van der Waals surface area (Å²) >= 11 is 12.7. The highest BCUT2D eigenvalue weighted by atomic mass is 35.5. The molecule has 0 amide bonds. The average molecular weight is 438 g/mol. The fourth-order valence-corrected chi connectivity index (χ4v) is 5.01. The van der Waals surface area contributed by atoms with Gasteiger partial charge in [0.2, 0.25) is 0 Å². The molecule has 2 aromatic heterocycles. The van der Waals surface area contributed by atoms with Crippen LogP contribution in [0.2, 0.25) is 10.0 Å². The summed E-state index contributed by atoms with van der Waals surface area (Å²) in [7, 11) is 1.68. The number of hydrogen-bond acceptors (Lipinski definition) is 3. The zero-order chi connectivity index (χ0) is 21.0. The van der Waals surface area contributed by atoms with Crippen LogP contribution in [-0.4, -0.2) is 21.7 Å². The highest BCUT2D eigenvalue weighted by Gasteiger charge is 2.25. The maximum atomic E-state index is 6.34. The van der Waals surface area contributed by atoms with E-state index in [1.54, 1.807) is 13.2 Å². The van der Waals surface area contributed by atoms with Crippen molar-refractivity contribution in [1.29, 1.82) is 0 Å². The number of aryl methyl sites for hydroxylation is 3. The van der Waals surface area contributed by atoms with Crippen LogP contribution in [0, 0.1) is 13.8 Å². The number of methoxy groups -OCH3 is 1. The van der Waals surface area contributed by atoms with Crippen molar-refractivity contribution in [3.63, 3.8) is 0 Å². The third-order valence-electron chi connectivity index (χ3n) is 5.80. The molecule has 0 unspecified atom stereocenters. The highest BCUT2D eigenvalue weighted by Crippen LogP contribution is 2.39. The third-order valence-corrected chi connectivity index (χ3v) is 6.24. The van der Waals surface area contributed by atoms with Gasteiger partial charge in [0.25, 0.3) is 0 Å². The minimum Gasteiger partial charge on any atom is -0.497 e. The van der Waals surface area contributed by atoms with Gasteiger partial charge in [0.05, 0.1) is 18.5 Å². The van der Waals surface area contributed by atoms with Gasteiger partial charge >= 0.3 is 0 Å². The van der Waals surface area contributed by atoms with Gasteiger partial charge in [-0.1, -0.05) is 29.3 Å². The molecule has 4 nitrogen and oxygen atoms in total. The van der Waals surface area contributed by atoms with E-state index in [0.29, 0.717) is 10.0 Å². The van der Waals surface area contributed by atoms with Gasteiger partial charge in [-0.15, -0.1) is 0 Å². The highest BCUT2D eigenvalue weighted by molar-refractivity contribution is 6.35. The molecule has 0 aliphatic heterocycles. The van der Waals surface area contributed by atoms with Crippen molar-refractivity contribution in [3.05, 3.63) is 69.0 Å². The normalized spacial score (nSPS) is 13.1. The maximum Gasteiger partial charge on any atom is 0.164 e. The first-order valence-corrected chi connectivity index (χ1v) is 10.7. The fraction of sp³-hybridized carbons (Fsp3) is 0.250. The number of halogens is 2. The molecule has 0 bridgehead atoms. The Morgan fingerprint density at radius 1 is 1.00 bits per heavy atom. The summed E-state index contributed by atoms with van der Waals surface area (Å²) in [5.41, 5.74) is 9.49. The van der Waals surface area contributed by atoms with E-state index in [0.717, 1.165) is 70.0 Å². The molecule has 0 N–H and O–H groups in total. The second-order valence-corrected chi connectivity index (χ2v) is 8.65. The molecule has 4 aromatic rings. The molecule has 1 aliphatic carbocycles. The fourth-order valence-electron chi connectivity index (χ4n) is 4.48. The van der Waals surface area contributed by atoms with Crippen LogP contribution in [0.25, 0.3) is 28.0 Å². The second kappa shape index (κ2) is 7.29. The molecule has 0 saturated heterocycles. The van der Waals surface area contributed by atoms with Gasteiger partial charge in [0.15, 0.2) is 5.65 Å². The monoisotopic (exact) mass is 437 g/mol. The van der Waals surface area contributed by atoms with Crippen LogP contribution >= 0.6 is 23.2 Å². The van der Waals surface area contributed by atoms with E-state index in [9.17, 15) is 0 Å². The van der Waals surface area contributed by atoms with Crippen molar-refractivity contribution in [1.82, 2.24) is 14.6 Å². The molecular formula is C24H21Cl2N3O. The summed E-state index contributed by atoms with van der Waals surface area (Å²) in [4.78, 5) is 5.07. The Morgan fingerprint density at radius 2 is 1.77 bits per heavy atom. The SMILES string of the molecule is COc1ccc(-c2c(C)nn3c(-c4cc(Cl)cc(Cl)c4)c4c(nc23)CCC4)c(C)c1. The van der Waals surface area contributed by atoms with Gasteiger partial charge in [0.1, 0.15) is 5.75 Å². The van der Waals surface area contributed by atoms with Crippen molar-refractivity contribution in [2.75, 3.05) is 7.11 Å². The van der Waals surface area contributed by atoms with Crippen LogP contribution in [0.3, 0.4) is 0 Å². The topological polar surface area (TPSA) is 39.4 Å². The Bertz CT molecular complexity index is 1290. The number of ether oxygens (including phenoxy) is 1. The van der Waals surface area contributed by atoms with Gasteiger partial charge in [0, 0.05) is 32.4 Å². The standard InChI is InChI=1S/C24H21Cl2N3O/c1-13-9-18(30-3)7-8-19(13)22-14(2)28-29-23(15-10-16(25)12-17(26)11-15)20-5-4-6-21(20)27-24(22)29/h7-12H,4-6H2,1-3H3.